The highest BCUT2D eigenvalue weighted by Crippen LogP contribution is 2.17. The maximum atomic E-state index is 3.52. The standard InChI is InChI=1S/C11H16N2/c1-9-11(13-8-7-12-9)10-5-3-2-4-6-10/h2-6,9,11-13H,7-8H2,1H3/t9-,11-/m1/s1. The third-order valence-corrected chi connectivity index (χ3v) is 2.61. The molecule has 2 atom stereocenters. The Morgan fingerprint density at radius 3 is 2.46 bits per heavy atom. The molecule has 1 aromatic carbocycles. The van der Waals surface area contributed by atoms with Gasteiger partial charge in [-0.15, -0.1) is 0 Å². The molecule has 0 aromatic heterocycles. The second kappa shape index (κ2) is 3.90. The van der Waals surface area contributed by atoms with Gasteiger partial charge in [0.15, 0.2) is 0 Å². The number of piperazine rings is 1. The lowest BCUT2D eigenvalue weighted by atomic mass is 9.99. The van der Waals surface area contributed by atoms with Crippen LogP contribution in [-0.4, -0.2) is 19.1 Å². The van der Waals surface area contributed by atoms with Gasteiger partial charge >= 0.3 is 0 Å². The molecule has 1 aromatic rings. The van der Waals surface area contributed by atoms with Crippen molar-refractivity contribution < 1.29 is 0 Å². The number of hydrogen-bond donors (Lipinski definition) is 2. The highest BCUT2D eigenvalue weighted by molar-refractivity contribution is 5.20. The Balaban J connectivity index is 2.15. The van der Waals surface area contributed by atoms with Crippen LogP contribution in [0.4, 0.5) is 0 Å². The van der Waals surface area contributed by atoms with Crippen LogP contribution in [0.15, 0.2) is 30.3 Å². The molecule has 0 unspecified atom stereocenters. The SMILES string of the molecule is C[C@H]1NCCN[C@H]1c1ccccc1. The van der Waals surface area contributed by atoms with Crippen LogP contribution in [-0.2, 0) is 0 Å². The van der Waals surface area contributed by atoms with E-state index in [1.165, 1.54) is 5.56 Å². The van der Waals surface area contributed by atoms with E-state index < -0.39 is 0 Å². The van der Waals surface area contributed by atoms with Crippen LogP contribution in [0.25, 0.3) is 0 Å². The zero-order chi connectivity index (χ0) is 9.10. The van der Waals surface area contributed by atoms with Crippen LogP contribution in [0.3, 0.4) is 0 Å². The van der Waals surface area contributed by atoms with Gasteiger partial charge in [-0.1, -0.05) is 30.3 Å². The van der Waals surface area contributed by atoms with Gasteiger partial charge in [0.25, 0.3) is 0 Å². The minimum absolute atomic E-state index is 0.468. The second-order valence-electron chi connectivity index (χ2n) is 3.59. The first kappa shape index (κ1) is 8.73. The molecule has 1 aliphatic rings. The van der Waals surface area contributed by atoms with E-state index in [0.29, 0.717) is 12.1 Å². The monoisotopic (exact) mass is 176 g/mol. The smallest absolute Gasteiger partial charge is 0.0473 e. The van der Waals surface area contributed by atoms with Crippen molar-refractivity contribution in [1.82, 2.24) is 10.6 Å². The van der Waals surface area contributed by atoms with E-state index in [4.69, 9.17) is 0 Å². The molecular formula is C11H16N2. The van der Waals surface area contributed by atoms with Gasteiger partial charge < -0.3 is 10.6 Å². The topological polar surface area (TPSA) is 24.1 Å². The summed E-state index contributed by atoms with van der Waals surface area (Å²) in [5.74, 6) is 0. The summed E-state index contributed by atoms with van der Waals surface area (Å²) in [5, 5.41) is 6.99. The van der Waals surface area contributed by atoms with Crippen molar-refractivity contribution in [2.45, 2.75) is 19.0 Å². The lowest BCUT2D eigenvalue weighted by Crippen LogP contribution is -2.48. The van der Waals surface area contributed by atoms with E-state index >= 15 is 0 Å². The summed E-state index contributed by atoms with van der Waals surface area (Å²) < 4.78 is 0. The molecule has 2 N–H and O–H groups in total. The van der Waals surface area contributed by atoms with Crippen molar-refractivity contribution in [3.05, 3.63) is 35.9 Å². The van der Waals surface area contributed by atoms with Gasteiger partial charge in [-0.3, -0.25) is 0 Å². The maximum absolute atomic E-state index is 3.52. The third kappa shape index (κ3) is 1.90. The molecule has 1 fully saturated rings. The molecule has 0 amide bonds. The zero-order valence-corrected chi connectivity index (χ0v) is 7.96. The van der Waals surface area contributed by atoms with Gasteiger partial charge in [0.2, 0.25) is 0 Å². The predicted octanol–water partition coefficient (Wildman–Crippen LogP) is 1.31. The van der Waals surface area contributed by atoms with Crippen molar-refractivity contribution in [3.63, 3.8) is 0 Å². The fourth-order valence-electron chi connectivity index (χ4n) is 1.89. The number of nitrogens with one attached hydrogen (secondary N) is 2. The minimum Gasteiger partial charge on any atom is -0.311 e. The highest BCUT2D eigenvalue weighted by Gasteiger charge is 2.20. The molecule has 2 rings (SSSR count). The fraction of sp³-hybridized carbons (Fsp3) is 0.455. The first-order valence-electron chi connectivity index (χ1n) is 4.89. The summed E-state index contributed by atoms with van der Waals surface area (Å²) in [6.07, 6.45) is 0. The molecule has 1 aliphatic heterocycles. The Bertz CT molecular complexity index is 258. The fourth-order valence-corrected chi connectivity index (χ4v) is 1.89. The van der Waals surface area contributed by atoms with E-state index in [1.807, 2.05) is 0 Å². The van der Waals surface area contributed by atoms with Gasteiger partial charge in [-0.25, -0.2) is 0 Å². The molecule has 1 heterocycles. The molecule has 0 saturated carbocycles. The van der Waals surface area contributed by atoms with Crippen LogP contribution < -0.4 is 10.6 Å². The van der Waals surface area contributed by atoms with Gasteiger partial charge in [0.05, 0.1) is 0 Å². The Morgan fingerprint density at radius 1 is 1.08 bits per heavy atom. The van der Waals surface area contributed by atoms with Crippen LogP contribution in [0.1, 0.15) is 18.5 Å². The van der Waals surface area contributed by atoms with Crippen LogP contribution in [0.2, 0.25) is 0 Å². The molecule has 0 bridgehead atoms. The van der Waals surface area contributed by atoms with E-state index in [9.17, 15) is 0 Å². The van der Waals surface area contributed by atoms with Crippen molar-refractivity contribution in [2.75, 3.05) is 13.1 Å². The van der Waals surface area contributed by atoms with E-state index in [-0.39, 0.29) is 0 Å². The summed E-state index contributed by atoms with van der Waals surface area (Å²) in [7, 11) is 0. The van der Waals surface area contributed by atoms with E-state index in [0.717, 1.165) is 13.1 Å². The van der Waals surface area contributed by atoms with Crippen LogP contribution >= 0.6 is 0 Å². The number of hydrogen-bond acceptors (Lipinski definition) is 2. The summed E-state index contributed by atoms with van der Waals surface area (Å²) in [4.78, 5) is 0. The Hall–Kier alpha value is -0.860. The second-order valence-corrected chi connectivity index (χ2v) is 3.59. The molecule has 0 spiro atoms. The van der Waals surface area contributed by atoms with Gasteiger partial charge in [-0.05, 0) is 12.5 Å². The van der Waals surface area contributed by atoms with Crippen molar-refractivity contribution in [1.29, 1.82) is 0 Å². The molecule has 0 radical (unpaired) electrons. The molecular weight excluding hydrogens is 160 g/mol. The molecule has 0 aliphatic carbocycles. The van der Waals surface area contributed by atoms with Crippen molar-refractivity contribution in [3.8, 4) is 0 Å². The zero-order valence-electron chi connectivity index (χ0n) is 7.96. The number of rotatable bonds is 1. The average Bonchev–Trinajstić information content (AvgIpc) is 2.20. The first-order valence-corrected chi connectivity index (χ1v) is 4.89. The van der Waals surface area contributed by atoms with Gasteiger partial charge in [0, 0.05) is 25.2 Å². The lowest BCUT2D eigenvalue weighted by Gasteiger charge is -2.31. The largest absolute Gasteiger partial charge is 0.311 e. The van der Waals surface area contributed by atoms with Gasteiger partial charge in [-0.2, -0.15) is 0 Å². The van der Waals surface area contributed by atoms with Crippen LogP contribution in [0.5, 0.6) is 0 Å². The van der Waals surface area contributed by atoms with Crippen molar-refractivity contribution in [2.24, 2.45) is 0 Å². The van der Waals surface area contributed by atoms with Crippen LogP contribution in [0, 0.1) is 0 Å². The normalized spacial score (nSPS) is 28.7. The van der Waals surface area contributed by atoms with Crippen molar-refractivity contribution >= 4 is 0 Å². The Morgan fingerprint density at radius 2 is 1.77 bits per heavy atom. The first-order chi connectivity index (χ1) is 6.38. The molecule has 2 heteroatoms. The summed E-state index contributed by atoms with van der Waals surface area (Å²) >= 11 is 0. The summed E-state index contributed by atoms with van der Waals surface area (Å²) in [5.41, 5.74) is 1.38. The number of benzene rings is 1. The lowest BCUT2D eigenvalue weighted by molar-refractivity contribution is 0.345. The Kier molecular flexibility index (Phi) is 2.62. The third-order valence-electron chi connectivity index (χ3n) is 2.61. The van der Waals surface area contributed by atoms with E-state index in [2.05, 4.69) is 47.9 Å². The molecule has 70 valence electrons. The summed E-state index contributed by atoms with van der Waals surface area (Å²) in [6, 6.07) is 11.6. The molecule has 13 heavy (non-hydrogen) atoms. The molecule has 2 nitrogen and oxygen atoms in total. The maximum Gasteiger partial charge on any atom is 0.0473 e. The predicted molar refractivity (Wildman–Crippen MR) is 54.7 cm³/mol. The van der Waals surface area contributed by atoms with E-state index in [1.54, 1.807) is 0 Å². The highest BCUT2D eigenvalue weighted by atomic mass is 15.1. The minimum atomic E-state index is 0.468. The Labute approximate surface area is 79.4 Å². The average molecular weight is 176 g/mol. The quantitative estimate of drug-likeness (QED) is 0.674. The molecule has 1 saturated heterocycles. The van der Waals surface area contributed by atoms with Gasteiger partial charge in [0.1, 0.15) is 0 Å². The summed E-state index contributed by atoms with van der Waals surface area (Å²) in [6.45, 7) is 4.36.